The van der Waals surface area contributed by atoms with Gasteiger partial charge in [-0.1, -0.05) is 306 Å². The lowest BCUT2D eigenvalue weighted by molar-refractivity contribution is -0.161. The maximum Gasteiger partial charge on any atom is 0.472 e. The van der Waals surface area contributed by atoms with E-state index in [2.05, 4.69) is 55.4 Å². The Bertz CT molecular complexity index is 1800. The van der Waals surface area contributed by atoms with Crippen molar-refractivity contribution >= 4 is 39.5 Å². The van der Waals surface area contributed by atoms with Crippen LogP contribution in [0.15, 0.2) is 0 Å². The van der Waals surface area contributed by atoms with Gasteiger partial charge in [-0.15, -0.1) is 0 Å². The van der Waals surface area contributed by atoms with Crippen LogP contribution < -0.4 is 0 Å². The molecule has 0 saturated carbocycles. The average molecular weight is 1340 g/mol. The predicted octanol–water partition coefficient (Wildman–Crippen LogP) is 20.5. The summed E-state index contributed by atoms with van der Waals surface area (Å²) < 4.78 is 68.3. The van der Waals surface area contributed by atoms with Crippen LogP contribution in [0.2, 0.25) is 0 Å². The number of aliphatic hydroxyl groups excluding tert-OH is 1. The highest BCUT2D eigenvalue weighted by molar-refractivity contribution is 7.47. The molecule has 0 aliphatic heterocycles. The zero-order chi connectivity index (χ0) is 67.5. The largest absolute Gasteiger partial charge is 0.472 e. The Morgan fingerprint density at radius 2 is 0.527 bits per heavy atom. The lowest BCUT2D eigenvalue weighted by atomic mass is 9.99. The Balaban J connectivity index is 5.20. The van der Waals surface area contributed by atoms with E-state index in [-0.39, 0.29) is 25.7 Å². The van der Waals surface area contributed by atoms with Crippen molar-refractivity contribution in [2.45, 2.75) is 375 Å². The quantitative estimate of drug-likeness (QED) is 0.0222. The van der Waals surface area contributed by atoms with Crippen LogP contribution in [0.1, 0.15) is 357 Å². The summed E-state index contributed by atoms with van der Waals surface area (Å²) in [4.78, 5) is 72.6. The zero-order valence-corrected chi connectivity index (χ0v) is 61.3. The van der Waals surface area contributed by atoms with Gasteiger partial charge in [-0.25, -0.2) is 9.13 Å². The van der Waals surface area contributed by atoms with E-state index in [0.717, 1.165) is 114 Å². The Labute approximate surface area is 556 Å². The van der Waals surface area contributed by atoms with Gasteiger partial charge in [0.05, 0.1) is 26.4 Å². The van der Waals surface area contributed by atoms with Crippen molar-refractivity contribution in [1.29, 1.82) is 0 Å². The summed E-state index contributed by atoms with van der Waals surface area (Å²) in [7, 11) is -9.90. The highest BCUT2D eigenvalue weighted by atomic mass is 31.2. The van der Waals surface area contributed by atoms with Gasteiger partial charge in [-0.2, -0.15) is 0 Å². The molecule has 3 N–H and O–H groups in total. The molecule has 540 valence electrons. The van der Waals surface area contributed by atoms with Gasteiger partial charge in [0.1, 0.15) is 19.3 Å². The smallest absolute Gasteiger partial charge is 0.462 e. The molecule has 17 nitrogen and oxygen atoms in total. The van der Waals surface area contributed by atoms with E-state index in [1.54, 1.807) is 0 Å². The minimum absolute atomic E-state index is 0.104. The lowest BCUT2D eigenvalue weighted by Crippen LogP contribution is -2.30. The zero-order valence-electron chi connectivity index (χ0n) is 59.5. The third kappa shape index (κ3) is 65.1. The van der Waals surface area contributed by atoms with Crippen LogP contribution in [0.4, 0.5) is 0 Å². The molecule has 0 fully saturated rings. The van der Waals surface area contributed by atoms with Crippen LogP contribution >= 0.6 is 15.6 Å². The number of phosphoric acid groups is 2. The molecule has 4 unspecified atom stereocenters. The summed E-state index contributed by atoms with van der Waals surface area (Å²) >= 11 is 0. The first-order valence-electron chi connectivity index (χ1n) is 37.2. The topological polar surface area (TPSA) is 237 Å². The second kappa shape index (κ2) is 61.6. The van der Waals surface area contributed by atoms with Gasteiger partial charge < -0.3 is 33.8 Å². The van der Waals surface area contributed by atoms with E-state index < -0.39 is 97.5 Å². The molecule has 6 atom stereocenters. The third-order valence-electron chi connectivity index (χ3n) is 16.9. The number of hydrogen-bond donors (Lipinski definition) is 3. The number of rotatable bonds is 69. The maximum absolute atomic E-state index is 13.0. The van der Waals surface area contributed by atoms with Crippen molar-refractivity contribution in [3.63, 3.8) is 0 Å². The predicted molar refractivity (Wildman–Crippen MR) is 367 cm³/mol. The third-order valence-corrected chi connectivity index (χ3v) is 18.8. The molecule has 91 heavy (non-hydrogen) atoms. The number of carbonyl (C=O) groups is 4. The van der Waals surface area contributed by atoms with Crippen LogP contribution in [0, 0.1) is 23.7 Å². The molecular formula is C72H140O17P2. The fourth-order valence-corrected chi connectivity index (χ4v) is 12.4. The molecular weight excluding hydrogens is 1200 g/mol. The second-order valence-electron chi connectivity index (χ2n) is 27.6. The van der Waals surface area contributed by atoms with E-state index in [4.69, 9.17) is 37.0 Å². The maximum atomic E-state index is 13.0. The highest BCUT2D eigenvalue weighted by Crippen LogP contribution is 2.45. The van der Waals surface area contributed by atoms with Gasteiger partial charge in [0.25, 0.3) is 0 Å². The molecule has 0 aromatic carbocycles. The van der Waals surface area contributed by atoms with Crippen molar-refractivity contribution in [3.8, 4) is 0 Å². The normalized spacial score (nSPS) is 14.5. The van der Waals surface area contributed by atoms with Gasteiger partial charge in [0, 0.05) is 25.7 Å². The fraction of sp³-hybridized carbons (Fsp3) is 0.944. The van der Waals surface area contributed by atoms with Crippen molar-refractivity contribution in [2.75, 3.05) is 39.6 Å². The number of aliphatic hydroxyl groups is 1. The van der Waals surface area contributed by atoms with Crippen LogP contribution in [-0.4, -0.2) is 96.7 Å². The first-order valence-corrected chi connectivity index (χ1v) is 40.2. The Morgan fingerprint density at radius 1 is 0.308 bits per heavy atom. The lowest BCUT2D eigenvalue weighted by Gasteiger charge is -2.21. The summed E-state index contributed by atoms with van der Waals surface area (Å²) in [5, 5.41) is 10.6. The van der Waals surface area contributed by atoms with Crippen molar-refractivity contribution in [3.05, 3.63) is 0 Å². The van der Waals surface area contributed by atoms with Crippen LogP contribution in [-0.2, 0) is 65.4 Å². The standard InChI is InChI=1S/C72H140O17P2/c1-9-65(8)51-43-35-26-21-23-29-39-47-55-72(77)89-67(58-82-69(74)52-44-36-27-22-20-25-33-41-49-63(4)5)60-86-90(78,79)84-56-66(73)57-85-91(80,81)87-61-68(59-83-70(75)53-45-37-31-30-34-42-50-64(6)7)88-71(76)54-46-38-28-19-17-15-13-11-10-12-14-16-18-24-32-40-48-62(2)3/h62-68,73H,9-61H2,1-8H3,(H,78,79)(H,80,81)/t65?,66?,67-,68-/m1/s1. The number of hydrogen-bond acceptors (Lipinski definition) is 15. The minimum Gasteiger partial charge on any atom is -0.462 e. The summed E-state index contributed by atoms with van der Waals surface area (Å²) in [6, 6.07) is 0. The van der Waals surface area contributed by atoms with Crippen molar-refractivity contribution in [2.24, 2.45) is 23.7 Å². The van der Waals surface area contributed by atoms with Gasteiger partial charge >= 0.3 is 39.5 Å². The minimum atomic E-state index is -4.95. The van der Waals surface area contributed by atoms with Crippen molar-refractivity contribution in [1.82, 2.24) is 0 Å². The summed E-state index contributed by atoms with van der Waals surface area (Å²) in [6.45, 7) is 14.1. The van der Waals surface area contributed by atoms with E-state index in [1.165, 1.54) is 154 Å². The fourth-order valence-electron chi connectivity index (χ4n) is 10.8. The van der Waals surface area contributed by atoms with Gasteiger partial charge in [0.15, 0.2) is 12.2 Å². The molecule has 0 bridgehead atoms. The van der Waals surface area contributed by atoms with Gasteiger partial charge in [-0.3, -0.25) is 37.3 Å². The molecule has 19 heteroatoms. The summed E-state index contributed by atoms with van der Waals surface area (Å²) in [6.07, 6.45) is 44.6. The summed E-state index contributed by atoms with van der Waals surface area (Å²) in [5.74, 6) is 0.854. The first kappa shape index (κ1) is 89.1. The molecule has 0 aromatic heterocycles. The molecule has 0 amide bonds. The molecule has 0 aliphatic rings. The van der Waals surface area contributed by atoms with Crippen LogP contribution in [0.25, 0.3) is 0 Å². The van der Waals surface area contributed by atoms with Crippen molar-refractivity contribution < 1.29 is 80.2 Å². The van der Waals surface area contributed by atoms with Gasteiger partial charge in [0.2, 0.25) is 0 Å². The summed E-state index contributed by atoms with van der Waals surface area (Å²) in [5.41, 5.74) is 0. The molecule has 0 rings (SSSR count). The Kier molecular flexibility index (Phi) is 60.3. The second-order valence-corrected chi connectivity index (χ2v) is 30.6. The molecule has 0 heterocycles. The number of carbonyl (C=O) groups excluding carboxylic acids is 4. The number of ether oxygens (including phenoxy) is 4. The van der Waals surface area contributed by atoms with E-state index in [1.807, 2.05) is 0 Å². The first-order chi connectivity index (χ1) is 43.6. The number of unbranched alkanes of at least 4 members (excludes halogenated alkanes) is 34. The Hall–Kier alpha value is -1.94. The molecule has 0 aromatic rings. The van der Waals surface area contributed by atoms with E-state index >= 15 is 0 Å². The van der Waals surface area contributed by atoms with Crippen LogP contribution in [0.3, 0.4) is 0 Å². The molecule has 0 spiro atoms. The SMILES string of the molecule is CCC(C)CCCCCCCCCCC(=O)O[C@H](COC(=O)CCCCCCCCCCC(C)C)COP(=O)(O)OCC(O)COP(=O)(O)OC[C@@H](COC(=O)CCCCCCCCC(C)C)OC(=O)CCCCCCCCCCCCCCCCCCC(C)C. The van der Waals surface area contributed by atoms with Gasteiger partial charge in [-0.05, 0) is 49.4 Å². The van der Waals surface area contributed by atoms with Crippen LogP contribution in [0.5, 0.6) is 0 Å². The number of esters is 4. The molecule has 0 aliphatic carbocycles. The Morgan fingerprint density at radius 3 is 0.780 bits per heavy atom. The average Bonchev–Trinajstić information content (AvgIpc) is 2.38. The number of phosphoric ester groups is 2. The highest BCUT2D eigenvalue weighted by Gasteiger charge is 2.30. The van der Waals surface area contributed by atoms with E-state index in [0.29, 0.717) is 31.6 Å². The molecule has 0 radical (unpaired) electrons. The van der Waals surface area contributed by atoms with E-state index in [9.17, 15) is 43.2 Å². The monoisotopic (exact) mass is 1340 g/mol. The molecule has 0 saturated heterocycles.